The second-order valence-electron chi connectivity index (χ2n) is 7.87. The molecule has 2 aliphatic rings. The maximum absolute atomic E-state index is 13.4. The van der Waals surface area contributed by atoms with Crippen LogP contribution in [0.3, 0.4) is 0 Å². The number of piperidine rings is 1. The van der Waals surface area contributed by atoms with Gasteiger partial charge in [-0.05, 0) is 66.3 Å². The first-order chi connectivity index (χ1) is 13.3. The Morgan fingerprint density at radius 3 is 2.78 bits per heavy atom. The van der Waals surface area contributed by atoms with Crippen LogP contribution in [0.25, 0.3) is 10.8 Å². The van der Waals surface area contributed by atoms with Crippen LogP contribution >= 0.6 is 0 Å². The van der Waals surface area contributed by atoms with Crippen molar-refractivity contribution in [2.75, 3.05) is 13.1 Å². The van der Waals surface area contributed by atoms with Gasteiger partial charge in [0, 0.05) is 30.8 Å². The lowest BCUT2D eigenvalue weighted by Gasteiger charge is -2.32. The third-order valence-electron chi connectivity index (χ3n) is 6.13. The molecule has 0 bridgehead atoms. The third kappa shape index (κ3) is 3.06. The first kappa shape index (κ1) is 16.6. The van der Waals surface area contributed by atoms with E-state index >= 15 is 0 Å². The van der Waals surface area contributed by atoms with Crippen molar-refractivity contribution in [2.45, 2.75) is 32.2 Å². The molecule has 1 saturated heterocycles. The quantitative estimate of drug-likeness (QED) is 0.649. The molecule has 0 amide bonds. The summed E-state index contributed by atoms with van der Waals surface area (Å²) in [4.78, 5) is 20.2. The fourth-order valence-corrected chi connectivity index (χ4v) is 4.82. The maximum atomic E-state index is 13.4. The van der Waals surface area contributed by atoms with Gasteiger partial charge in [-0.2, -0.15) is 0 Å². The Hall–Kier alpha value is -2.52. The normalized spacial score (nSPS) is 19.5. The second-order valence-corrected chi connectivity index (χ2v) is 7.87. The number of likely N-dealkylation sites (tertiary alicyclic amines) is 1. The van der Waals surface area contributed by atoms with E-state index in [2.05, 4.69) is 46.3 Å². The van der Waals surface area contributed by atoms with Crippen LogP contribution in [0, 0.1) is 5.92 Å². The molecule has 1 fully saturated rings. The summed E-state index contributed by atoms with van der Waals surface area (Å²) in [6.45, 7) is 2.71. The monoisotopic (exact) mass is 356 g/mol. The van der Waals surface area contributed by atoms with Crippen molar-refractivity contribution < 1.29 is 4.79 Å². The lowest BCUT2D eigenvalue weighted by Crippen LogP contribution is -2.38. The first-order valence-electron chi connectivity index (χ1n) is 9.99. The fourth-order valence-electron chi connectivity index (χ4n) is 4.82. The SMILES string of the molecule is O=C(c1ccc2c3c(cccc13)CC2)[C@@H]1CCCN(Cc2ccccn2)C1. The predicted molar refractivity (Wildman–Crippen MR) is 108 cm³/mol. The van der Waals surface area contributed by atoms with Crippen LogP contribution in [-0.4, -0.2) is 28.8 Å². The molecule has 3 aromatic rings. The highest BCUT2D eigenvalue weighted by Crippen LogP contribution is 2.34. The van der Waals surface area contributed by atoms with Crippen molar-refractivity contribution in [2.24, 2.45) is 5.92 Å². The minimum Gasteiger partial charge on any atom is -0.297 e. The summed E-state index contributed by atoms with van der Waals surface area (Å²) in [5.41, 5.74) is 4.80. The van der Waals surface area contributed by atoms with E-state index in [0.717, 1.165) is 62.0 Å². The van der Waals surface area contributed by atoms with Gasteiger partial charge in [0.15, 0.2) is 5.78 Å². The number of pyridine rings is 1. The summed E-state index contributed by atoms with van der Waals surface area (Å²) >= 11 is 0. The third-order valence-corrected chi connectivity index (χ3v) is 6.13. The number of Topliss-reactive ketones (excluding diaryl/α,β-unsaturated/α-hetero) is 1. The van der Waals surface area contributed by atoms with Gasteiger partial charge in [0.25, 0.3) is 0 Å². The standard InChI is InChI=1S/C24H24N2O/c27-24(19-6-4-14-26(15-19)16-20-7-1-2-13-25-20)22-12-11-18-10-9-17-5-3-8-21(22)23(17)18/h1-3,5,7-8,11-13,19H,4,6,9-10,14-16H2/t19-/m1/s1. The Balaban J connectivity index is 1.40. The summed E-state index contributed by atoms with van der Waals surface area (Å²) in [6.07, 6.45) is 6.11. The minimum absolute atomic E-state index is 0.0842. The Morgan fingerprint density at radius 1 is 1.04 bits per heavy atom. The van der Waals surface area contributed by atoms with Crippen LogP contribution in [0.1, 0.15) is 40.0 Å². The molecular weight excluding hydrogens is 332 g/mol. The van der Waals surface area contributed by atoms with E-state index in [1.807, 2.05) is 18.3 Å². The largest absolute Gasteiger partial charge is 0.297 e. The molecule has 3 nitrogen and oxygen atoms in total. The van der Waals surface area contributed by atoms with E-state index in [1.54, 1.807) is 0 Å². The number of hydrogen-bond acceptors (Lipinski definition) is 3. The summed E-state index contributed by atoms with van der Waals surface area (Å²) in [6, 6.07) is 16.8. The number of rotatable bonds is 4. The van der Waals surface area contributed by atoms with Gasteiger partial charge in [-0.1, -0.05) is 36.4 Å². The maximum Gasteiger partial charge on any atom is 0.167 e. The van der Waals surface area contributed by atoms with Crippen molar-refractivity contribution in [3.63, 3.8) is 0 Å². The molecule has 136 valence electrons. The lowest BCUT2D eigenvalue weighted by molar-refractivity contribution is 0.0812. The Kier molecular flexibility index (Phi) is 4.25. The Labute approximate surface area is 160 Å². The summed E-state index contributed by atoms with van der Waals surface area (Å²) in [7, 11) is 0. The molecule has 0 N–H and O–H groups in total. The first-order valence-corrected chi connectivity index (χ1v) is 9.99. The molecule has 0 radical (unpaired) electrons. The molecule has 2 aromatic carbocycles. The zero-order valence-corrected chi connectivity index (χ0v) is 15.5. The smallest absolute Gasteiger partial charge is 0.167 e. The van der Waals surface area contributed by atoms with E-state index in [-0.39, 0.29) is 5.92 Å². The van der Waals surface area contributed by atoms with Gasteiger partial charge in [-0.25, -0.2) is 0 Å². The number of carbonyl (C=O) groups excluding carboxylic acids is 1. The van der Waals surface area contributed by atoms with Crippen molar-refractivity contribution in [1.82, 2.24) is 9.88 Å². The average molecular weight is 356 g/mol. The molecule has 2 heterocycles. The van der Waals surface area contributed by atoms with Gasteiger partial charge in [0.05, 0.1) is 5.69 Å². The van der Waals surface area contributed by atoms with Gasteiger partial charge < -0.3 is 0 Å². The fraction of sp³-hybridized carbons (Fsp3) is 0.333. The van der Waals surface area contributed by atoms with Crippen LogP contribution in [0.2, 0.25) is 0 Å². The molecule has 0 unspecified atom stereocenters. The minimum atomic E-state index is 0.0842. The number of aryl methyl sites for hydroxylation is 2. The van der Waals surface area contributed by atoms with Crippen molar-refractivity contribution in [3.8, 4) is 0 Å². The lowest BCUT2D eigenvalue weighted by atomic mass is 9.87. The summed E-state index contributed by atoms with van der Waals surface area (Å²) in [5.74, 6) is 0.400. The topological polar surface area (TPSA) is 33.2 Å². The van der Waals surface area contributed by atoms with Gasteiger partial charge in [0.2, 0.25) is 0 Å². The molecule has 0 saturated carbocycles. The van der Waals surface area contributed by atoms with Crippen LogP contribution in [0.4, 0.5) is 0 Å². The molecule has 3 heteroatoms. The number of carbonyl (C=O) groups is 1. The number of nitrogens with zero attached hydrogens (tertiary/aromatic N) is 2. The highest BCUT2D eigenvalue weighted by Gasteiger charge is 2.28. The van der Waals surface area contributed by atoms with Gasteiger partial charge in [-0.3, -0.25) is 14.7 Å². The number of ketones is 1. The van der Waals surface area contributed by atoms with E-state index < -0.39 is 0 Å². The van der Waals surface area contributed by atoms with Crippen LogP contribution in [0.15, 0.2) is 54.7 Å². The molecule has 1 aliphatic heterocycles. The average Bonchev–Trinajstić information content (AvgIpc) is 3.14. The Bertz CT molecular complexity index is 986. The molecule has 27 heavy (non-hydrogen) atoms. The van der Waals surface area contributed by atoms with E-state index in [0.29, 0.717) is 5.78 Å². The van der Waals surface area contributed by atoms with Gasteiger partial charge in [-0.15, -0.1) is 0 Å². The number of benzene rings is 2. The number of aromatic nitrogens is 1. The Morgan fingerprint density at radius 2 is 1.93 bits per heavy atom. The second kappa shape index (κ2) is 6.90. The predicted octanol–water partition coefficient (Wildman–Crippen LogP) is 4.43. The highest BCUT2D eigenvalue weighted by atomic mass is 16.1. The molecule has 1 atom stereocenters. The summed E-state index contributed by atoms with van der Waals surface area (Å²) < 4.78 is 0. The zero-order valence-electron chi connectivity index (χ0n) is 15.5. The molecule has 0 spiro atoms. The van der Waals surface area contributed by atoms with Crippen LogP contribution in [-0.2, 0) is 19.4 Å². The van der Waals surface area contributed by atoms with Gasteiger partial charge >= 0.3 is 0 Å². The molecule has 1 aromatic heterocycles. The molecular formula is C24H24N2O. The van der Waals surface area contributed by atoms with Crippen molar-refractivity contribution in [1.29, 1.82) is 0 Å². The van der Waals surface area contributed by atoms with E-state index in [1.165, 1.54) is 16.5 Å². The molecule has 5 rings (SSSR count). The van der Waals surface area contributed by atoms with E-state index in [9.17, 15) is 4.79 Å². The zero-order chi connectivity index (χ0) is 18.2. The van der Waals surface area contributed by atoms with Crippen LogP contribution in [0.5, 0.6) is 0 Å². The van der Waals surface area contributed by atoms with Gasteiger partial charge in [0.1, 0.15) is 0 Å². The van der Waals surface area contributed by atoms with Crippen molar-refractivity contribution >= 4 is 16.6 Å². The van der Waals surface area contributed by atoms with Crippen molar-refractivity contribution in [3.05, 3.63) is 77.1 Å². The summed E-state index contributed by atoms with van der Waals surface area (Å²) in [5, 5.41) is 2.50. The number of hydrogen-bond donors (Lipinski definition) is 0. The van der Waals surface area contributed by atoms with E-state index in [4.69, 9.17) is 0 Å². The molecule has 1 aliphatic carbocycles. The van der Waals surface area contributed by atoms with Crippen LogP contribution < -0.4 is 0 Å². The highest BCUT2D eigenvalue weighted by molar-refractivity contribution is 6.11.